The highest BCUT2D eigenvalue weighted by atomic mass is 19.1. The smallest absolute Gasteiger partial charge is 0.186 e. The maximum absolute atomic E-state index is 13.8. The van der Waals surface area contributed by atoms with Gasteiger partial charge in [-0.1, -0.05) is 13.8 Å². The van der Waals surface area contributed by atoms with Crippen LogP contribution in [0.5, 0.6) is 0 Å². The Balaban J connectivity index is 3.14. The monoisotopic (exact) mass is 255 g/mol. The molecule has 18 heavy (non-hydrogen) atoms. The highest BCUT2D eigenvalue weighted by molar-refractivity contribution is 5.38. The van der Waals surface area contributed by atoms with Crippen molar-refractivity contribution in [3.63, 3.8) is 0 Å². The summed E-state index contributed by atoms with van der Waals surface area (Å²) >= 11 is 0. The zero-order valence-electron chi connectivity index (χ0n) is 11.7. The first-order valence-electron chi connectivity index (χ1n) is 6.40. The van der Waals surface area contributed by atoms with Crippen LogP contribution in [0.15, 0.2) is 0 Å². The molecule has 0 saturated heterocycles. The summed E-state index contributed by atoms with van der Waals surface area (Å²) in [5.41, 5.74) is 0.348. The summed E-state index contributed by atoms with van der Waals surface area (Å²) in [6, 6.07) is 0. The normalized spacial score (nSPS) is 12.8. The Morgan fingerprint density at radius 1 is 1.28 bits per heavy atom. The van der Waals surface area contributed by atoms with Gasteiger partial charge in [-0.05, 0) is 26.7 Å². The van der Waals surface area contributed by atoms with Crippen molar-refractivity contribution in [2.45, 2.75) is 40.7 Å². The van der Waals surface area contributed by atoms with Crippen molar-refractivity contribution >= 4 is 5.82 Å². The minimum atomic E-state index is -0.389. The molecule has 1 aromatic rings. The fourth-order valence-electron chi connectivity index (χ4n) is 1.74. The molecule has 0 radical (unpaired) electrons. The van der Waals surface area contributed by atoms with Crippen molar-refractivity contribution in [3.8, 4) is 0 Å². The predicted molar refractivity (Wildman–Crippen MR) is 70.1 cm³/mol. The van der Waals surface area contributed by atoms with Gasteiger partial charge in [-0.2, -0.15) is 0 Å². The van der Waals surface area contributed by atoms with Gasteiger partial charge in [-0.3, -0.25) is 0 Å². The number of nitrogens with zero attached hydrogens (tertiary/aromatic N) is 2. The van der Waals surface area contributed by atoms with Gasteiger partial charge in [0, 0.05) is 13.2 Å². The van der Waals surface area contributed by atoms with Gasteiger partial charge in [0.1, 0.15) is 6.10 Å². The van der Waals surface area contributed by atoms with E-state index in [-0.39, 0.29) is 23.7 Å². The van der Waals surface area contributed by atoms with Gasteiger partial charge >= 0.3 is 0 Å². The molecule has 0 aliphatic heterocycles. The molecule has 1 heterocycles. The lowest BCUT2D eigenvalue weighted by Crippen LogP contribution is -2.17. The van der Waals surface area contributed by atoms with E-state index in [0.717, 1.165) is 0 Å². The minimum absolute atomic E-state index is 0.202. The third-order valence-corrected chi connectivity index (χ3v) is 2.58. The third kappa shape index (κ3) is 3.38. The second-order valence-corrected chi connectivity index (χ2v) is 4.48. The van der Waals surface area contributed by atoms with Crippen LogP contribution in [0.4, 0.5) is 10.2 Å². The molecular weight excluding hydrogens is 233 g/mol. The molecular formula is C13H22FN3O. The lowest BCUT2D eigenvalue weighted by atomic mass is 10.1. The molecule has 0 aliphatic rings. The van der Waals surface area contributed by atoms with E-state index < -0.39 is 0 Å². The largest absolute Gasteiger partial charge is 0.370 e. The van der Waals surface area contributed by atoms with Gasteiger partial charge in [0.2, 0.25) is 0 Å². The fraction of sp³-hybridized carbons (Fsp3) is 0.692. The topological polar surface area (TPSA) is 47.0 Å². The molecule has 1 aromatic heterocycles. The minimum Gasteiger partial charge on any atom is -0.370 e. The van der Waals surface area contributed by atoms with Crippen molar-refractivity contribution in [1.29, 1.82) is 0 Å². The van der Waals surface area contributed by atoms with E-state index in [1.54, 1.807) is 6.92 Å². The first-order chi connectivity index (χ1) is 8.51. The van der Waals surface area contributed by atoms with Gasteiger partial charge in [0.15, 0.2) is 17.5 Å². The molecule has 0 saturated carbocycles. The number of nitrogens with one attached hydrogen (secondary N) is 1. The van der Waals surface area contributed by atoms with E-state index in [0.29, 0.717) is 24.7 Å². The van der Waals surface area contributed by atoms with Crippen LogP contribution in [0.1, 0.15) is 45.3 Å². The molecule has 1 N–H and O–H groups in total. The number of aromatic nitrogens is 2. The Hall–Kier alpha value is -1.23. The van der Waals surface area contributed by atoms with Crippen LogP contribution in [0, 0.1) is 18.7 Å². The first kappa shape index (κ1) is 14.8. The van der Waals surface area contributed by atoms with Crippen molar-refractivity contribution in [1.82, 2.24) is 9.97 Å². The summed E-state index contributed by atoms with van der Waals surface area (Å²) in [4.78, 5) is 8.45. The molecule has 4 nitrogen and oxygen atoms in total. The van der Waals surface area contributed by atoms with Crippen LogP contribution < -0.4 is 5.32 Å². The molecule has 0 bridgehead atoms. The van der Waals surface area contributed by atoms with Gasteiger partial charge in [-0.15, -0.1) is 0 Å². The molecule has 1 atom stereocenters. The van der Waals surface area contributed by atoms with Crippen LogP contribution in [-0.4, -0.2) is 23.1 Å². The number of aryl methyl sites for hydroxylation is 1. The summed E-state index contributed by atoms with van der Waals surface area (Å²) in [6.45, 7) is 10.7. The molecule has 0 spiro atoms. The summed E-state index contributed by atoms with van der Waals surface area (Å²) in [6.07, 6.45) is -0.202. The maximum Gasteiger partial charge on any atom is 0.186 e. The fourth-order valence-corrected chi connectivity index (χ4v) is 1.74. The van der Waals surface area contributed by atoms with E-state index in [4.69, 9.17) is 4.74 Å². The molecule has 1 unspecified atom stereocenters. The number of hydrogen-bond donors (Lipinski definition) is 1. The third-order valence-electron chi connectivity index (χ3n) is 2.58. The highest BCUT2D eigenvalue weighted by Gasteiger charge is 2.22. The average molecular weight is 255 g/mol. The van der Waals surface area contributed by atoms with Gasteiger partial charge in [0.25, 0.3) is 0 Å². The second-order valence-electron chi connectivity index (χ2n) is 4.48. The van der Waals surface area contributed by atoms with Crippen LogP contribution in [0.2, 0.25) is 0 Å². The van der Waals surface area contributed by atoms with Crippen molar-refractivity contribution < 1.29 is 9.13 Å². The van der Waals surface area contributed by atoms with E-state index in [1.807, 2.05) is 27.7 Å². The second kappa shape index (κ2) is 6.64. The lowest BCUT2D eigenvalue weighted by molar-refractivity contribution is 0.0230. The van der Waals surface area contributed by atoms with E-state index in [1.165, 1.54) is 0 Å². The zero-order valence-corrected chi connectivity index (χ0v) is 11.7. The van der Waals surface area contributed by atoms with Crippen LogP contribution in [0.3, 0.4) is 0 Å². The van der Waals surface area contributed by atoms with Crippen molar-refractivity contribution in [2.24, 2.45) is 5.92 Å². The summed E-state index contributed by atoms with van der Waals surface area (Å²) in [5, 5.41) is 2.91. The summed E-state index contributed by atoms with van der Waals surface area (Å²) in [7, 11) is 0. The van der Waals surface area contributed by atoms with E-state index in [2.05, 4.69) is 15.3 Å². The molecule has 5 heteroatoms. The number of ether oxygens (including phenoxy) is 1. The van der Waals surface area contributed by atoms with E-state index >= 15 is 0 Å². The predicted octanol–water partition coefficient (Wildman–Crippen LogP) is 3.09. The van der Waals surface area contributed by atoms with Crippen LogP contribution in [-0.2, 0) is 4.74 Å². The van der Waals surface area contributed by atoms with Gasteiger partial charge in [0.05, 0.1) is 5.69 Å². The lowest BCUT2D eigenvalue weighted by Gasteiger charge is -2.20. The average Bonchev–Trinajstić information content (AvgIpc) is 2.31. The Bertz CT molecular complexity index is 396. The standard InChI is InChI=1S/C13H22FN3O/c1-6-15-12-10(14)9(5)16-13(17-12)11(8(3)4)18-7-2/h8,11H,6-7H2,1-5H3,(H,15,16,17). The number of halogens is 1. The van der Waals surface area contributed by atoms with E-state index in [9.17, 15) is 4.39 Å². The van der Waals surface area contributed by atoms with Crippen molar-refractivity contribution in [2.75, 3.05) is 18.5 Å². The SMILES string of the molecule is CCNc1nc(C(OCC)C(C)C)nc(C)c1F. The zero-order chi connectivity index (χ0) is 13.7. The van der Waals surface area contributed by atoms with Crippen LogP contribution >= 0.6 is 0 Å². The molecule has 0 fully saturated rings. The molecule has 102 valence electrons. The molecule has 1 rings (SSSR count). The van der Waals surface area contributed by atoms with Gasteiger partial charge in [-0.25, -0.2) is 14.4 Å². The molecule has 0 amide bonds. The Kier molecular flexibility index (Phi) is 5.47. The highest BCUT2D eigenvalue weighted by Crippen LogP contribution is 2.25. The number of anilines is 1. The number of rotatable bonds is 6. The Morgan fingerprint density at radius 2 is 1.94 bits per heavy atom. The van der Waals surface area contributed by atoms with Crippen molar-refractivity contribution in [3.05, 3.63) is 17.3 Å². The Labute approximate surface area is 108 Å². The number of hydrogen-bond acceptors (Lipinski definition) is 4. The summed E-state index contributed by atoms with van der Waals surface area (Å²) < 4.78 is 19.4. The van der Waals surface area contributed by atoms with Crippen LogP contribution in [0.25, 0.3) is 0 Å². The summed E-state index contributed by atoms with van der Waals surface area (Å²) in [5.74, 6) is 0.649. The molecule has 0 aromatic carbocycles. The maximum atomic E-state index is 13.8. The Morgan fingerprint density at radius 3 is 2.44 bits per heavy atom. The van der Waals surface area contributed by atoms with Gasteiger partial charge < -0.3 is 10.1 Å². The first-order valence-corrected chi connectivity index (χ1v) is 6.40. The quantitative estimate of drug-likeness (QED) is 0.848. The molecule has 0 aliphatic carbocycles.